The van der Waals surface area contributed by atoms with Gasteiger partial charge < -0.3 is 13.5 Å². The molecule has 0 fully saturated rings. The van der Waals surface area contributed by atoms with Gasteiger partial charge in [0.2, 0.25) is 0 Å². The monoisotopic (exact) mass is 795 g/mol. The summed E-state index contributed by atoms with van der Waals surface area (Å²) in [5.74, 6) is 1.20. The first-order chi connectivity index (χ1) is 23.3. The zero-order valence-electron chi connectivity index (χ0n) is 25.4. The van der Waals surface area contributed by atoms with Gasteiger partial charge in [0.1, 0.15) is 0 Å². The second-order valence-corrected chi connectivity index (χ2v) is 11.7. The van der Waals surface area contributed by atoms with E-state index in [0.29, 0.717) is 11.5 Å². The van der Waals surface area contributed by atoms with Gasteiger partial charge >= 0.3 is 21.1 Å². The van der Waals surface area contributed by atoms with Gasteiger partial charge in [-0.1, -0.05) is 131 Å². The average Bonchev–Trinajstić information content (AvgIpc) is 3.84. The van der Waals surface area contributed by atoms with Crippen molar-refractivity contribution in [1.82, 2.24) is 18.8 Å². The Morgan fingerprint density at radius 2 is 1.00 bits per heavy atom. The number of hydrogen-bond acceptors (Lipinski definition) is 3. The SMILES string of the molecule is [Pt+2].[c-]1c(Oc2[c-]c3c(cc2)c2cc(-c4ccccc4)c(-c4ccccc4)cc2n2ccnc32)ccc2c1c1nccn1c1ccccc21. The molecule has 6 aromatic carbocycles. The smallest absolute Gasteiger partial charge is 0.497 e. The minimum absolute atomic E-state index is 0. The van der Waals surface area contributed by atoms with E-state index in [1.54, 1.807) is 0 Å². The van der Waals surface area contributed by atoms with E-state index in [1.165, 1.54) is 22.3 Å². The van der Waals surface area contributed by atoms with E-state index in [2.05, 4.69) is 135 Å². The number of para-hydroxylation sites is 1. The number of ether oxygens (including phenoxy) is 1. The Labute approximate surface area is 290 Å². The van der Waals surface area contributed by atoms with Gasteiger partial charge in [-0.15, -0.1) is 12.1 Å². The summed E-state index contributed by atoms with van der Waals surface area (Å²) in [5, 5.41) is 6.23. The maximum absolute atomic E-state index is 6.45. The standard InChI is InChI=1S/C42H24N4O.Pt/c1-3-9-27(10-4-1)34-25-36-32-18-16-30(24-38(32)42-44-20-22-46(42)40(36)26-35(34)28-11-5-2-6-12-28)47-29-15-17-31-33-13-7-8-14-39(33)45-21-19-43-41(45)37(31)23-29;/h1-22,25-26H;/q-2;+2. The fourth-order valence-electron chi connectivity index (χ4n) is 6.98. The quantitative estimate of drug-likeness (QED) is 0.132. The Bertz CT molecular complexity index is 2820. The van der Waals surface area contributed by atoms with E-state index in [0.717, 1.165) is 54.6 Å². The molecule has 0 aliphatic carbocycles. The topological polar surface area (TPSA) is 43.8 Å². The molecular weight excluding hydrogens is 772 g/mol. The predicted molar refractivity (Wildman–Crippen MR) is 189 cm³/mol. The third-order valence-corrected chi connectivity index (χ3v) is 9.10. The molecule has 228 valence electrons. The molecule has 0 amide bonds. The number of fused-ring (bicyclic) bond motifs is 12. The van der Waals surface area contributed by atoms with Crippen LogP contribution in [-0.2, 0) is 21.1 Å². The molecule has 4 heterocycles. The molecule has 0 unspecified atom stereocenters. The summed E-state index contributed by atoms with van der Waals surface area (Å²) in [6, 6.07) is 49.3. The van der Waals surface area contributed by atoms with Crippen molar-refractivity contribution in [1.29, 1.82) is 0 Å². The minimum Gasteiger partial charge on any atom is -0.497 e. The van der Waals surface area contributed by atoms with Crippen LogP contribution in [0, 0.1) is 12.1 Å². The van der Waals surface area contributed by atoms with Gasteiger partial charge in [-0.25, -0.2) is 0 Å². The van der Waals surface area contributed by atoms with Crippen LogP contribution >= 0.6 is 0 Å². The van der Waals surface area contributed by atoms with E-state index in [-0.39, 0.29) is 21.1 Å². The first-order valence-electron chi connectivity index (χ1n) is 15.6. The van der Waals surface area contributed by atoms with E-state index < -0.39 is 0 Å². The molecule has 0 radical (unpaired) electrons. The van der Waals surface area contributed by atoms with Crippen LogP contribution in [0.15, 0.2) is 146 Å². The maximum Gasteiger partial charge on any atom is 2.00 e. The number of hydrogen-bond donors (Lipinski definition) is 0. The van der Waals surface area contributed by atoms with Gasteiger partial charge in [0.05, 0.1) is 11.3 Å². The first kappa shape index (κ1) is 28.5. The van der Waals surface area contributed by atoms with Crippen molar-refractivity contribution < 1.29 is 25.8 Å². The van der Waals surface area contributed by atoms with Crippen LogP contribution in [-0.4, -0.2) is 18.8 Å². The van der Waals surface area contributed by atoms with Crippen molar-refractivity contribution in [2.24, 2.45) is 0 Å². The van der Waals surface area contributed by atoms with Crippen molar-refractivity contribution in [2.45, 2.75) is 0 Å². The van der Waals surface area contributed by atoms with Gasteiger partial charge in [0, 0.05) is 47.3 Å². The van der Waals surface area contributed by atoms with E-state index in [1.807, 2.05) is 36.9 Å². The Hall–Kier alpha value is -5.77. The van der Waals surface area contributed by atoms with E-state index in [4.69, 9.17) is 9.72 Å². The number of rotatable bonds is 4. The Kier molecular flexibility index (Phi) is 6.63. The Morgan fingerprint density at radius 3 is 1.62 bits per heavy atom. The van der Waals surface area contributed by atoms with E-state index in [9.17, 15) is 0 Å². The number of pyridine rings is 2. The molecule has 10 rings (SSSR count). The molecule has 0 atom stereocenters. The predicted octanol–water partition coefficient (Wildman–Crippen LogP) is 10.3. The van der Waals surface area contributed by atoms with Crippen LogP contribution in [0.25, 0.3) is 76.9 Å². The molecule has 0 aliphatic heterocycles. The second-order valence-electron chi connectivity index (χ2n) is 11.7. The van der Waals surface area contributed by atoms with Gasteiger partial charge in [-0.2, -0.15) is 0 Å². The van der Waals surface area contributed by atoms with Crippen molar-refractivity contribution in [3.63, 3.8) is 0 Å². The summed E-state index contributed by atoms with van der Waals surface area (Å²) in [5.41, 5.74) is 8.57. The number of imidazole rings is 2. The van der Waals surface area contributed by atoms with Crippen molar-refractivity contribution in [2.75, 3.05) is 0 Å². The molecule has 6 heteroatoms. The number of aromatic nitrogens is 4. The molecule has 0 saturated carbocycles. The summed E-state index contributed by atoms with van der Waals surface area (Å²) in [6.07, 6.45) is 7.68. The molecule has 10 aromatic rings. The normalized spacial score (nSPS) is 11.6. The van der Waals surface area contributed by atoms with Crippen molar-refractivity contribution in [3.8, 4) is 33.8 Å². The van der Waals surface area contributed by atoms with Crippen LogP contribution < -0.4 is 4.74 Å². The minimum atomic E-state index is 0. The van der Waals surface area contributed by atoms with Crippen LogP contribution in [0.5, 0.6) is 11.5 Å². The van der Waals surface area contributed by atoms with Crippen LogP contribution in [0.4, 0.5) is 0 Å². The molecule has 0 aliphatic rings. The van der Waals surface area contributed by atoms with Gasteiger partial charge in [0.15, 0.2) is 0 Å². The molecule has 48 heavy (non-hydrogen) atoms. The second kappa shape index (κ2) is 11.2. The van der Waals surface area contributed by atoms with Gasteiger partial charge in [0.25, 0.3) is 0 Å². The largest absolute Gasteiger partial charge is 2.00 e. The fourth-order valence-corrected chi connectivity index (χ4v) is 6.98. The summed E-state index contributed by atoms with van der Waals surface area (Å²) in [4.78, 5) is 9.44. The van der Waals surface area contributed by atoms with Gasteiger partial charge in [-0.3, -0.25) is 9.97 Å². The van der Waals surface area contributed by atoms with Crippen molar-refractivity contribution in [3.05, 3.63) is 158 Å². The van der Waals surface area contributed by atoms with E-state index >= 15 is 0 Å². The molecule has 4 aromatic heterocycles. The summed E-state index contributed by atoms with van der Waals surface area (Å²) < 4.78 is 10.7. The summed E-state index contributed by atoms with van der Waals surface area (Å²) >= 11 is 0. The molecule has 0 saturated heterocycles. The molecular formula is C42H24N4OPt. The Morgan fingerprint density at radius 1 is 0.479 bits per heavy atom. The van der Waals surface area contributed by atoms with Crippen LogP contribution in [0.2, 0.25) is 0 Å². The summed E-state index contributed by atoms with van der Waals surface area (Å²) in [6.45, 7) is 0. The first-order valence-corrected chi connectivity index (χ1v) is 15.6. The molecule has 5 nitrogen and oxygen atoms in total. The Balaban J connectivity index is 0.00000314. The molecule has 0 N–H and O–H groups in total. The van der Waals surface area contributed by atoms with Crippen LogP contribution in [0.3, 0.4) is 0 Å². The molecule has 0 spiro atoms. The third kappa shape index (κ3) is 4.35. The van der Waals surface area contributed by atoms with Crippen LogP contribution in [0.1, 0.15) is 0 Å². The number of benzene rings is 6. The number of nitrogens with zero attached hydrogens (tertiary/aromatic N) is 4. The fraction of sp³-hybridized carbons (Fsp3) is 0. The zero-order chi connectivity index (χ0) is 30.9. The maximum atomic E-state index is 6.45. The average molecular weight is 796 g/mol. The van der Waals surface area contributed by atoms with Crippen molar-refractivity contribution >= 4 is 54.6 Å². The van der Waals surface area contributed by atoms with Gasteiger partial charge in [-0.05, 0) is 45.2 Å². The molecule has 0 bridgehead atoms. The third-order valence-electron chi connectivity index (χ3n) is 9.10. The zero-order valence-corrected chi connectivity index (χ0v) is 27.6. The summed E-state index contributed by atoms with van der Waals surface area (Å²) in [7, 11) is 0.